The van der Waals surface area contributed by atoms with Gasteiger partial charge in [-0.25, -0.2) is 0 Å². The number of nitrogens with one attached hydrogen (secondary N) is 3. The molecule has 2 rings (SSSR count). The fourth-order valence-electron chi connectivity index (χ4n) is 2.32. The van der Waals surface area contributed by atoms with E-state index in [0.717, 1.165) is 10.0 Å². The molecule has 0 aromatic heterocycles. The zero-order valence-corrected chi connectivity index (χ0v) is 20.8. The van der Waals surface area contributed by atoms with E-state index in [1.54, 1.807) is 31.4 Å². The van der Waals surface area contributed by atoms with Gasteiger partial charge >= 0.3 is 0 Å². The second-order valence-corrected chi connectivity index (χ2v) is 8.38. The predicted octanol–water partition coefficient (Wildman–Crippen LogP) is 3.26. The highest BCUT2D eigenvalue weighted by Crippen LogP contribution is 2.23. The van der Waals surface area contributed by atoms with E-state index in [1.165, 1.54) is 0 Å². The van der Waals surface area contributed by atoms with Crippen molar-refractivity contribution in [1.29, 1.82) is 0 Å². The van der Waals surface area contributed by atoms with Gasteiger partial charge in [-0.05, 0) is 61.1 Å². The zero-order chi connectivity index (χ0) is 22.8. The van der Waals surface area contributed by atoms with Gasteiger partial charge < -0.3 is 14.2 Å². The molecule has 0 atom stereocenters. The fourth-order valence-corrected chi connectivity index (χ4v) is 3.30. The van der Waals surface area contributed by atoms with Crippen LogP contribution >= 0.6 is 44.1 Å². The van der Waals surface area contributed by atoms with Crippen LogP contribution in [0.25, 0.3) is 0 Å². The lowest BCUT2D eigenvalue weighted by molar-refractivity contribution is -0.123. The first-order chi connectivity index (χ1) is 14.8. The third kappa shape index (κ3) is 8.44. The molecule has 3 N–H and O–H groups in total. The van der Waals surface area contributed by atoms with E-state index in [0.29, 0.717) is 22.6 Å². The van der Waals surface area contributed by atoms with Crippen molar-refractivity contribution in [3.63, 3.8) is 0 Å². The van der Waals surface area contributed by atoms with Crippen molar-refractivity contribution < 1.29 is 23.8 Å². The van der Waals surface area contributed by atoms with Crippen LogP contribution < -0.4 is 25.6 Å². The first-order valence-corrected chi connectivity index (χ1v) is 11.0. The summed E-state index contributed by atoms with van der Waals surface area (Å²) in [6, 6.07) is 10.5. The smallest absolute Gasteiger partial charge is 0.276 e. The van der Waals surface area contributed by atoms with Crippen LogP contribution in [0.15, 0.2) is 45.3 Å². The Morgan fingerprint density at radius 3 is 2.32 bits per heavy atom. The molecule has 0 aliphatic heterocycles. The average molecular weight is 575 g/mol. The summed E-state index contributed by atoms with van der Waals surface area (Å²) < 4.78 is 17.6. The number of thiocarbonyl (C=S) groups is 1. The van der Waals surface area contributed by atoms with Crippen molar-refractivity contribution in [3.05, 3.63) is 56.5 Å². The highest BCUT2D eigenvalue weighted by Gasteiger charge is 2.15. The monoisotopic (exact) mass is 573 g/mol. The minimum absolute atomic E-state index is 0.0824. The Morgan fingerprint density at radius 1 is 0.968 bits per heavy atom. The van der Waals surface area contributed by atoms with Gasteiger partial charge in [0.25, 0.3) is 11.8 Å². The summed E-state index contributed by atoms with van der Waals surface area (Å²) in [5.41, 5.74) is 6.00. The molecule has 0 radical (unpaired) electrons. The van der Waals surface area contributed by atoms with Gasteiger partial charge in [-0.3, -0.25) is 25.8 Å². The molecule has 0 unspecified atom stereocenters. The van der Waals surface area contributed by atoms with Crippen LogP contribution in [-0.2, 0) is 9.53 Å². The van der Waals surface area contributed by atoms with E-state index in [-0.39, 0.29) is 23.9 Å². The maximum absolute atomic E-state index is 12.6. The van der Waals surface area contributed by atoms with E-state index in [9.17, 15) is 9.59 Å². The van der Waals surface area contributed by atoms with Gasteiger partial charge in [0.2, 0.25) is 0 Å². The molecule has 2 aromatic carbocycles. The Hall–Kier alpha value is -2.21. The summed E-state index contributed by atoms with van der Waals surface area (Å²) in [5, 5.41) is 2.40. The van der Waals surface area contributed by atoms with E-state index >= 15 is 0 Å². The number of amides is 2. The maximum Gasteiger partial charge on any atom is 0.276 e. The van der Waals surface area contributed by atoms with Crippen molar-refractivity contribution >= 4 is 61.0 Å². The van der Waals surface area contributed by atoms with Crippen LogP contribution in [0.4, 0.5) is 0 Å². The van der Waals surface area contributed by atoms with Crippen molar-refractivity contribution in [3.8, 4) is 11.5 Å². The van der Waals surface area contributed by atoms with E-state index in [4.69, 9.17) is 26.4 Å². The van der Waals surface area contributed by atoms with Gasteiger partial charge in [-0.15, -0.1) is 0 Å². The van der Waals surface area contributed by atoms with Crippen molar-refractivity contribution in [1.82, 2.24) is 16.2 Å². The van der Waals surface area contributed by atoms with Crippen molar-refractivity contribution in [2.45, 2.75) is 6.92 Å². The van der Waals surface area contributed by atoms with Gasteiger partial charge in [0.05, 0.1) is 12.2 Å². The minimum atomic E-state index is -0.498. The molecule has 8 nitrogen and oxygen atoms in total. The summed E-state index contributed by atoms with van der Waals surface area (Å²) in [6.07, 6.45) is 0. The molecule has 11 heteroatoms. The summed E-state index contributed by atoms with van der Waals surface area (Å²) in [4.78, 5) is 24.6. The molecule has 0 heterocycles. The first-order valence-electron chi connectivity index (χ1n) is 9.00. The zero-order valence-electron chi connectivity index (χ0n) is 16.8. The summed E-state index contributed by atoms with van der Waals surface area (Å²) in [7, 11) is 1.56. The summed E-state index contributed by atoms with van der Waals surface area (Å²) in [6.45, 7) is 2.31. The van der Waals surface area contributed by atoms with Crippen LogP contribution in [0.3, 0.4) is 0 Å². The van der Waals surface area contributed by atoms with Gasteiger partial charge in [0.15, 0.2) is 11.7 Å². The Labute approximate surface area is 202 Å². The first kappa shape index (κ1) is 25.1. The molecule has 2 amide bonds. The number of hydrogen-bond donors (Lipinski definition) is 3. The molecule has 0 saturated heterocycles. The van der Waals surface area contributed by atoms with E-state index < -0.39 is 11.8 Å². The second-order valence-electron chi connectivity index (χ2n) is 6.14. The Morgan fingerprint density at radius 2 is 1.65 bits per heavy atom. The summed E-state index contributed by atoms with van der Waals surface area (Å²) in [5.74, 6) is -0.0000890. The lowest BCUT2D eigenvalue weighted by atomic mass is 10.2. The molecule has 0 aliphatic rings. The quantitative estimate of drug-likeness (QED) is 0.253. The molecule has 0 fully saturated rings. The lowest BCUT2D eigenvalue weighted by Gasteiger charge is -2.14. The molecule has 0 spiro atoms. The highest BCUT2D eigenvalue weighted by molar-refractivity contribution is 9.10. The lowest BCUT2D eigenvalue weighted by Crippen LogP contribution is -2.49. The number of aryl methyl sites for hydroxylation is 1. The standard InChI is InChI=1S/C20H21Br2N3O5S/c1-12-9-13(21)3-5-16(12)30-11-18(26)24-25-20(31)23-19(27)15-10-14(22)4-6-17(15)29-8-7-28-2/h3-6,9-10H,7-8,11H2,1-2H3,(H,24,26)(H2,23,25,27,31). The van der Waals surface area contributed by atoms with Gasteiger partial charge in [-0.2, -0.15) is 0 Å². The number of carbonyl (C=O) groups excluding carboxylic acids is 2. The van der Waals surface area contributed by atoms with Gasteiger partial charge in [-0.1, -0.05) is 31.9 Å². The fraction of sp³-hybridized carbons (Fsp3) is 0.250. The molecule has 2 aromatic rings. The Bertz CT molecular complexity index is 958. The molecule has 0 bridgehead atoms. The van der Waals surface area contributed by atoms with Crippen LogP contribution in [0.2, 0.25) is 0 Å². The number of methoxy groups -OCH3 is 1. The van der Waals surface area contributed by atoms with Gasteiger partial charge in [0, 0.05) is 16.1 Å². The third-order valence-corrected chi connectivity index (χ3v) is 4.96. The Balaban J connectivity index is 1.84. The number of benzene rings is 2. The normalized spacial score (nSPS) is 10.2. The number of halogens is 2. The summed E-state index contributed by atoms with van der Waals surface area (Å²) >= 11 is 11.8. The predicted molar refractivity (Wildman–Crippen MR) is 127 cm³/mol. The average Bonchev–Trinajstić information content (AvgIpc) is 2.72. The highest BCUT2D eigenvalue weighted by atomic mass is 79.9. The largest absolute Gasteiger partial charge is 0.490 e. The topological polar surface area (TPSA) is 97.9 Å². The van der Waals surface area contributed by atoms with Crippen molar-refractivity contribution in [2.24, 2.45) is 0 Å². The van der Waals surface area contributed by atoms with E-state index in [1.807, 2.05) is 19.1 Å². The minimum Gasteiger partial charge on any atom is -0.490 e. The molecule has 166 valence electrons. The third-order valence-electron chi connectivity index (χ3n) is 3.77. The number of hydrogen-bond acceptors (Lipinski definition) is 6. The number of carbonyl (C=O) groups is 2. The molecule has 0 saturated carbocycles. The van der Waals surface area contributed by atoms with Crippen molar-refractivity contribution in [2.75, 3.05) is 26.9 Å². The molecular formula is C20H21Br2N3O5S. The van der Waals surface area contributed by atoms with Gasteiger partial charge in [0.1, 0.15) is 18.1 Å². The van der Waals surface area contributed by atoms with E-state index in [2.05, 4.69) is 48.0 Å². The molecular weight excluding hydrogens is 554 g/mol. The maximum atomic E-state index is 12.6. The SMILES string of the molecule is COCCOc1ccc(Br)cc1C(=O)NC(=S)NNC(=O)COc1ccc(Br)cc1C. The Kier molecular flexibility index (Phi) is 10.2. The second kappa shape index (κ2) is 12.6. The molecule has 0 aliphatic carbocycles. The van der Waals surface area contributed by atoms with Crippen LogP contribution in [0.5, 0.6) is 11.5 Å². The number of hydrazine groups is 1. The molecule has 31 heavy (non-hydrogen) atoms. The number of ether oxygens (including phenoxy) is 3. The van der Waals surface area contributed by atoms with Crippen LogP contribution in [-0.4, -0.2) is 43.9 Å². The number of rotatable bonds is 8. The van der Waals surface area contributed by atoms with Crippen LogP contribution in [0, 0.1) is 6.92 Å². The van der Waals surface area contributed by atoms with Crippen LogP contribution in [0.1, 0.15) is 15.9 Å².